The molecule has 1 N–H and O–H groups in total. The summed E-state index contributed by atoms with van der Waals surface area (Å²) >= 11 is 5.61. The summed E-state index contributed by atoms with van der Waals surface area (Å²) in [5.74, 6) is -0.819. The molecule has 1 aliphatic heterocycles. The fraction of sp³-hybridized carbons (Fsp3) is 0.273. The molecule has 2 aromatic rings. The van der Waals surface area contributed by atoms with Crippen LogP contribution in [-0.4, -0.2) is 31.4 Å². The molecule has 152 valence electrons. The fourth-order valence-electron chi connectivity index (χ4n) is 3.29. The first-order chi connectivity index (χ1) is 13.9. The molecule has 3 rings (SSSR count). The normalized spacial score (nSPS) is 16.6. The highest BCUT2D eigenvalue weighted by atomic mass is 32.1. The van der Waals surface area contributed by atoms with E-state index in [-0.39, 0.29) is 12.4 Å². The molecule has 0 aromatic heterocycles. The van der Waals surface area contributed by atoms with Gasteiger partial charge in [-0.05, 0) is 61.5 Å². The standard InChI is InChI=1S/C22H23FN2O3S/c1-14-5-4-6-18(13-14)25-15(2)19(21(26)28-12-11-27-3)20(24-22(25)29)16-7-9-17(23)10-8-16/h4-10,13,20H,11-12H2,1-3H3,(H,24,29). The topological polar surface area (TPSA) is 50.8 Å². The number of nitrogens with zero attached hydrogens (tertiary/aromatic N) is 1. The van der Waals surface area contributed by atoms with Crippen LogP contribution in [0, 0.1) is 12.7 Å². The highest BCUT2D eigenvalue weighted by Gasteiger charge is 2.35. The molecular formula is C22H23FN2O3S. The zero-order valence-corrected chi connectivity index (χ0v) is 17.4. The number of anilines is 1. The lowest BCUT2D eigenvalue weighted by atomic mass is 9.94. The number of benzene rings is 2. The number of ether oxygens (including phenoxy) is 2. The van der Waals surface area contributed by atoms with Crippen LogP contribution >= 0.6 is 12.2 Å². The lowest BCUT2D eigenvalue weighted by molar-refractivity contribution is -0.140. The van der Waals surface area contributed by atoms with Crippen molar-refractivity contribution in [1.82, 2.24) is 5.32 Å². The number of carbonyl (C=O) groups is 1. The third-order valence-corrected chi connectivity index (χ3v) is 4.99. The van der Waals surface area contributed by atoms with Crippen LogP contribution in [0.4, 0.5) is 10.1 Å². The van der Waals surface area contributed by atoms with Crippen LogP contribution in [0.1, 0.15) is 24.1 Å². The lowest BCUT2D eigenvalue weighted by Gasteiger charge is -2.37. The molecule has 0 spiro atoms. The Kier molecular flexibility index (Phi) is 6.61. The van der Waals surface area contributed by atoms with E-state index in [1.54, 1.807) is 19.2 Å². The molecule has 5 nitrogen and oxygen atoms in total. The highest BCUT2D eigenvalue weighted by Crippen LogP contribution is 2.34. The number of carbonyl (C=O) groups excluding carboxylic acids is 1. The number of esters is 1. The van der Waals surface area contributed by atoms with Crippen molar-refractivity contribution in [3.8, 4) is 0 Å². The van der Waals surface area contributed by atoms with Gasteiger partial charge in [0.2, 0.25) is 0 Å². The van der Waals surface area contributed by atoms with Crippen LogP contribution in [-0.2, 0) is 14.3 Å². The Labute approximate surface area is 175 Å². The van der Waals surface area contributed by atoms with E-state index in [4.69, 9.17) is 21.7 Å². The van der Waals surface area contributed by atoms with Crippen molar-refractivity contribution in [3.05, 3.63) is 76.7 Å². The quantitative estimate of drug-likeness (QED) is 0.438. The Morgan fingerprint density at radius 1 is 1.17 bits per heavy atom. The monoisotopic (exact) mass is 414 g/mol. The number of allylic oxidation sites excluding steroid dienone is 1. The molecule has 0 saturated heterocycles. The highest BCUT2D eigenvalue weighted by molar-refractivity contribution is 7.80. The molecule has 0 saturated carbocycles. The Hall–Kier alpha value is -2.77. The number of thiocarbonyl (C=S) groups is 1. The summed E-state index contributed by atoms with van der Waals surface area (Å²) in [6.07, 6.45) is 0. The Balaban J connectivity index is 2.06. The van der Waals surface area contributed by atoms with Crippen molar-refractivity contribution < 1.29 is 18.7 Å². The number of methoxy groups -OCH3 is 1. The Bertz CT molecular complexity index is 943. The summed E-state index contributed by atoms with van der Waals surface area (Å²) in [6.45, 7) is 4.26. The average molecular weight is 415 g/mol. The minimum absolute atomic E-state index is 0.136. The van der Waals surface area contributed by atoms with Crippen molar-refractivity contribution in [1.29, 1.82) is 0 Å². The van der Waals surface area contributed by atoms with Crippen LogP contribution in [0.2, 0.25) is 0 Å². The van der Waals surface area contributed by atoms with Crippen molar-refractivity contribution in [2.45, 2.75) is 19.9 Å². The second kappa shape index (κ2) is 9.15. The fourth-order valence-corrected chi connectivity index (χ4v) is 3.65. The number of hydrogen-bond acceptors (Lipinski definition) is 4. The van der Waals surface area contributed by atoms with Crippen molar-refractivity contribution in [2.24, 2.45) is 0 Å². The summed E-state index contributed by atoms with van der Waals surface area (Å²) in [6, 6.07) is 13.3. The predicted octanol–water partition coefficient (Wildman–Crippen LogP) is 4.03. The van der Waals surface area contributed by atoms with E-state index < -0.39 is 12.0 Å². The number of aryl methyl sites for hydroxylation is 1. The molecule has 0 amide bonds. The van der Waals surface area contributed by atoms with Crippen molar-refractivity contribution in [3.63, 3.8) is 0 Å². The van der Waals surface area contributed by atoms with Crippen LogP contribution in [0.25, 0.3) is 0 Å². The summed E-state index contributed by atoms with van der Waals surface area (Å²) in [7, 11) is 1.54. The third kappa shape index (κ3) is 4.63. The van der Waals surface area contributed by atoms with Gasteiger partial charge in [0.15, 0.2) is 5.11 Å². The maximum absolute atomic E-state index is 13.4. The molecule has 1 unspecified atom stereocenters. The smallest absolute Gasteiger partial charge is 0.338 e. The first-order valence-electron chi connectivity index (χ1n) is 9.22. The zero-order valence-electron chi connectivity index (χ0n) is 16.6. The second-order valence-electron chi connectivity index (χ2n) is 6.74. The van der Waals surface area contributed by atoms with Crippen molar-refractivity contribution >= 4 is 29.0 Å². The van der Waals surface area contributed by atoms with E-state index in [1.165, 1.54) is 12.1 Å². The maximum Gasteiger partial charge on any atom is 0.338 e. The molecule has 7 heteroatoms. The van der Waals surface area contributed by atoms with E-state index in [0.717, 1.165) is 16.8 Å². The Morgan fingerprint density at radius 3 is 2.55 bits per heavy atom. The molecule has 1 atom stereocenters. The van der Waals surface area contributed by atoms with Crippen LogP contribution in [0.15, 0.2) is 59.8 Å². The summed E-state index contributed by atoms with van der Waals surface area (Å²) < 4.78 is 23.8. The van der Waals surface area contributed by atoms with E-state index >= 15 is 0 Å². The zero-order chi connectivity index (χ0) is 21.0. The van der Waals surface area contributed by atoms with E-state index in [0.29, 0.717) is 23.0 Å². The van der Waals surface area contributed by atoms with Crippen molar-refractivity contribution in [2.75, 3.05) is 25.2 Å². The summed E-state index contributed by atoms with van der Waals surface area (Å²) in [4.78, 5) is 14.8. The molecule has 0 fully saturated rings. The van der Waals surface area contributed by atoms with Crippen LogP contribution in [0.5, 0.6) is 0 Å². The molecule has 29 heavy (non-hydrogen) atoms. The lowest BCUT2D eigenvalue weighted by Crippen LogP contribution is -2.48. The van der Waals surface area contributed by atoms with Gasteiger partial charge < -0.3 is 14.8 Å². The first kappa shape index (κ1) is 21.0. The van der Waals surface area contributed by atoms with Crippen LogP contribution in [0.3, 0.4) is 0 Å². The largest absolute Gasteiger partial charge is 0.460 e. The van der Waals surface area contributed by atoms with Gasteiger partial charge >= 0.3 is 5.97 Å². The van der Waals surface area contributed by atoms with E-state index in [2.05, 4.69) is 5.32 Å². The van der Waals surface area contributed by atoms with Gasteiger partial charge in [0, 0.05) is 18.5 Å². The van der Waals surface area contributed by atoms with Gasteiger partial charge in [-0.2, -0.15) is 0 Å². The number of hydrogen-bond donors (Lipinski definition) is 1. The van der Waals surface area contributed by atoms with E-state index in [1.807, 2.05) is 43.0 Å². The molecule has 1 aliphatic rings. The average Bonchev–Trinajstić information content (AvgIpc) is 2.68. The van der Waals surface area contributed by atoms with Gasteiger partial charge in [-0.25, -0.2) is 9.18 Å². The molecule has 0 radical (unpaired) electrons. The van der Waals surface area contributed by atoms with Gasteiger partial charge in [0.05, 0.1) is 18.2 Å². The molecule has 1 heterocycles. The second-order valence-corrected chi connectivity index (χ2v) is 7.12. The van der Waals surface area contributed by atoms with Gasteiger partial charge in [-0.3, -0.25) is 4.90 Å². The molecular weight excluding hydrogens is 391 g/mol. The van der Waals surface area contributed by atoms with Gasteiger partial charge in [-0.15, -0.1) is 0 Å². The first-order valence-corrected chi connectivity index (χ1v) is 9.62. The number of nitrogens with one attached hydrogen (secondary N) is 1. The molecule has 0 aliphatic carbocycles. The van der Waals surface area contributed by atoms with Gasteiger partial charge in [-0.1, -0.05) is 24.3 Å². The summed E-state index contributed by atoms with van der Waals surface area (Å²) in [5, 5.41) is 3.67. The predicted molar refractivity (Wildman–Crippen MR) is 114 cm³/mol. The van der Waals surface area contributed by atoms with Crippen LogP contribution < -0.4 is 10.2 Å². The molecule has 0 bridgehead atoms. The Morgan fingerprint density at radius 2 is 1.90 bits per heavy atom. The van der Waals surface area contributed by atoms with Gasteiger partial charge in [0.25, 0.3) is 0 Å². The molecule has 2 aromatic carbocycles. The number of halogens is 1. The van der Waals surface area contributed by atoms with E-state index in [9.17, 15) is 9.18 Å². The maximum atomic E-state index is 13.4. The third-order valence-electron chi connectivity index (χ3n) is 4.69. The SMILES string of the molecule is COCCOC(=O)C1=C(C)N(c2cccc(C)c2)C(=S)NC1c1ccc(F)cc1. The van der Waals surface area contributed by atoms with Gasteiger partial charge in [0.1, 0.15) is 12.4 Å². The summed E-state index contributed by atoms with van der Waals surface area (Å²) in [5.41, 5.74) is 3.72. The minimum Gasteiger partial charge on any atom is -0.460 e. The minimum atomic E-state index is -0.542. The number of rotatable bonds is 6.